The second kappa shape index (κ2) is 12.5. The van der Waals surface area contributed by atoms with E-state index >= 15 is 0 Å². The zero-order valence-electron chi connectivity index (χ0n) is 15.2. The lowest BCUT2D eigenvalue weighted by Gasteiger charge is -2.11. The molecule has 0 aliphatic rings. The summed E-state index contributed by atoms with van der Waals surface area (Å²) in [4.78, 5) is 10.8. The van der Waals surface area contributed by atoms with Crippen LogP contribution in [0.1, 0.15) is 38.2 Å². The van der Waals surface area contributed by atoms with Crippen LogP contribution in [0.2, 0.25) is 0 Å². The van der Waals surface area contributed by atoms with Crippen LogP contribution in [0.3, 0.4) is 0 Å². The SMILES string of the molecule is C=C(CCCCNCNCCC)Nc1ccc(CC(N)C(=O)O)cc1. The highest BCUT2D eigenvalue weighted by Gasteiger charge is 2.11. The summed E-state index contributed by atoms with van der Waals surface area (Å²) in [6, 6.07) is 6.78. The number of nitrogens with one attached hydrogen (secondary N) is 3. The number of anilines is 1. The number of allylic oxidation sites excluding steroid dienone is 1. The van der Waals surface area contributed by atoms with Crippen molar-refractivity contribution in [3.8, 4) is 0 Å². The molecule has 1 unspecified atom stereocenters. The number of carbonyl (C=O) groups is 1. The highest BCUT2D eigenvalue weighted by molar-refractivity contribution is 5.73. The van der Waals surface area contributed by atoms with Gasteiger partial charge in [0, 0.05) is 18.1 Å². The van der Waals surface area contributed by atoms with Crippen LogP contribution in [0, 0.1) is 0 Å². The van der Waals surface area contributed by atoms with Gasteiger partial charge in [0.1, 0.15) is 6.04 Å². The molecule has 1 aromatic rings. The Balaban J connectivity index is 2.18. The van der Waals surface area contributed by atoms with Crippen LogP contribution in [0.4, 0.5) is 5.69 Å². The fraction of sp³-hybridized carbons (Fsp3) is 0.526. The van der Waals surface area contributed by atoms with E-state index in [-0.39, 0.29) is 0 Å². The van der Waals surface area contributed by atoms with Crippen LogP contribution in [0.15, 0.2) is 36.5 Å². The molecule has 0 aromatic heterocycles. The Kier molecular flexibility index (Phi) is 10.6. The summed E-state index contributed by atoms with van der Waals surface area (Å²) in [5.41, 5.74) is 8.40. The molecule has 1 rings (SSSR count). The van der Waals surface area contributed by atoms with Crippen molar-refractivity contribution in [2.24, 2.45) is 5.73 Å². The highest BCUT2D eigenvalue weighted by Crippen LogP contribution is 2.15. The normalized spacial score (nSPS) is 11.9. The zero-order chi connectivity index (χ0) is 18.5. The van der Waals surface area contributed by atoms with Gasteiger partial charge in [-0.1, -0.05) is 25.6 Å². The van der Waals surface area contributed by atoms with Crippen molar-refractivity contribution in [2.45, 2.75) is 45.1 Å². The Morgan fingerprint density at radius 2 is 1.88 bits per heavy atom. The van der Waals surface area contributed by atoms with Crippen molar-refractivity contribution in [3.05, 3.63) is 42.1 Å². The van der Waals surface area contributed by atoms with Gasteiger partial charge in [0.05, 0.1) is 0 Å². The topological polar surface area (TPSA) is 99.4 Å². The Labute approximate surface area is 150 Å². The summed E-state index contributed by atoms with van der Waals surface area (Å²) in [5.74, 6) is -0.980. The number of hydrogen-bond acceptors (Lipinski definition) is 5. The van der Waals surface area contributed by atoms with E-state index in [0.29, 0.717) is 6.42 Å². The van der Waals surface area contributed by atoms with Gasteiger partial charge in [-0.2, -0.15) is 0 Å². The second-order valence-electron chi connectivity index (χ2n) is 6.21. The molecular weight excluding hydrogens is 316 g/mol. The lowest BCUT2D eigenvalue weighted by atomic mass is 10.1. The van der Waals surface area contributed by atoms with E-state index in [1.165, 1.54) is 0 Å². The number of unbranched alkanes of at least 4 members (excludes halogenated alkanes) is 1. The van der Waals surface area contributed by atoms with Gasteiger partial charge in [0.2, 0.25) is 0 Å². The molecule has 0 aliphatic heterocycles. The van der Waals surface area contributed by atoms with Crippen LogP contribution >= 0.6 is 0 Å². The smallest absolute Gasteiger partial charge is 0.320 e. The van der Waals surface area contributed by atoms with Crippen LogP contribution in [0.25, 0.3) is 0 Å². The van der Waals surface area contributed by atoms with Crippen LogP contribution in [-0.4, -0.2) is 36.9 Å². The first-order chi connectivity index (χ1) is 12.0. The first kappa shape index (κ1) is 21.2. The summed E-state index contributed by atoms with van der Waals surface area (Å²) >= 11 is 0. The fourth-order valence-electron chi connectivity index (χ4n) is 2.36. The van der Waals surface area contributed by atoms with Crippen LogP contribution < -0.4 is 21.7 Å². The van der Waals surface area contributed by atoms with Gasteiger partial charge in [-0.3, -0.25) is 4.79 Å². The second-order valence-corrected chi connectivity index (χ2v) is 6.21. The number of nitrogens with two attached hydrogens (primary N) is 1. The minimum Gasteiger partial charge on any atom is -0.480 e. The summed E-state index contributed by atoms with van der Waals surface area (Å²) in [6.07, 6.45) is 4.60. The number of aliphatic carboxylic acids is 1. The number of carboxylic acids is 1. The van der Waals surface area contributed by atoms with Crippen molar-refractivity contribution in [3.63, 3.8) is 0 Å². The van der Waals surface area contributed by atoms with E-state index in [9.17, 15) is 4.79 Å². The number of rotatable bonds is 14. The van der Waals surface area contributed by atoms with Crippen molar-refractivity contribution in [1.82, 2.24) is 10.6 Å². The van der Waals surface area contributed by atoms with E-state index in [0.717, 1.165) is 62.4 Å². The molecule has 6 nitrogen and oxygen atoms in total. The fourth-order valence-corrected chi connectivity index (χ4v) is 2.36. The van der Waals surface area contributed by atoms with Gasteiger partial charge in [0.25, 0.3) is 0 Å². The first-order valence-corrected chi connectivity index (χ1v) is 8.96. The van der Waals surface area contributed by atoms with Crippen molar-refractivity contribution in [1.29, 1.82) is 0 Å². The van der Waals surface area contributed by atoms with Gasteiger partial charge < -0.3 is 26.8 Å². The van der Waals surface area contributed by atoms with E-state index < -0.39 is 12.0 Å². The molecular formula is C19H32N4O2. The maximum atomic E-state index is 10.8. The minimum absolute atomic E-state index is 0.330. The van der Waals surface area contributed by atoms with Crippen LogP contribution in [0.5, 0.6) is 0 Å². The summed E-state index contributed by atoms with van der Waals surface area (Å²) in [7, 11) is 0. The molecule has 140 valence electrons. The summed E-state index contributed by atoms with van der Waals surface area (Å²) in [6.45, 7) is 9.14. The van der Waals surface area contributed by atoms with Crippen molar-refractivity contribution >= 4 is 11.7 Å². The van der Waals surface area contributed by atoms with E-state index in [1.54, 1.807) is 0 Å². The maximum Gasteiger partial charge on any atom is 0.320 e. The lowest BCUT2D eigenvalue weighted by Crippen LogP contribution is -2.32. The molecule has 0 heterocycles. The molecule has 0 fully saturated rings. The van der Waals surface area contributed by atoms with E-state index in [2.05, 4.69) is 29.5 Å². The third kappa shape index (κ3) is 9.86. The minimum atomic E-state index is -0.980. The average molecular weight is 348 g/mol. The third-order valence-corrected chi connectivity index (χ3v) is 3.81. The van der Waals surface area contributed by atoms with Crippen molar-refractivity contribution < 1.29 is 9.90 Å². The predicted octanol–water partition coefficient (Wildman–Crippen LogP) is 2.28. The molecule has 1 aromatic carbocycles. The third-order valence-electron chi connectivity index (χ3n) is 3.81. The van der Waals surface area contributed by atoms with Crippen molar-refractivity contribution in [2.75, 3.05) is 25.1 Å². The number of benzene rings is 1. The predicted molar refractivity (Wildman–Crippen MR) is 104 cm³/mol. The maximum absolute atomic E-state index is 10.8. The Hall–Kier alpha value is -1.89. The van der Waals surface area contributed by atoms with Gasteiger partial charge in [-0.25, -0.2) is 0 Å². The van der Waals surface area contributed by atoms with Gasteiger partial charge >= 0.3 is 5.97 Å². The summed E-state index contributed by atoms with van der Waals surface area (Å²) in [5, 5.41) is 18.8. The van der Waals surface area contributed by atoms with Gasteiger partial charge in [-0.05, 0) is 62.9 Å². The molecule has 1 atom stereocenters. The van der Waals surface area contributed by atoms with Crippen LogP contribution in [-0.2, 0) is 11.2 Å². The Morgan fingerprint density at radius 3 is 2.52 bits per heavy atom. The molecule has 0 radical (unpaired) electrons. The molecule has 0 amide bonds. The molecule has 25 heavy (non-hydrogen) atoms. The van der Waals surface area contributed by atoms with E-state index in [4.69, 9.17) is 10.8 Å². The van der Waals surface area contributed by atoms with Gasteiger partial charge in [0.15, 0.2) is 0 Å². The quantitative estimate of drug-likeness (QED) is 0.261. The van der Waals surface area contributed by atoms with E-state index in [1.807, 2.05) is 24.3 Å². The monoisotopic (exact) mass is 348 g/mol. The first-order valence-electron chi connectivity index (χ1n) is 8.96. The Bertz CT molecular complexity index is 517. The highest BCUT2D eigenvalue weighted by atomic mass is 16.4. The number of hydrogen-bond donors (Lipinski definition) is 5. The molecule has 6 heteroatoms. The zero-order valence-corrected chi connectivity index (χ0v) is 15.2. The molecule has 6 N–H and O–H groups in total. The lowest BCUT2D eigenvalue weighted by molar-refractivity contribution is -0.138. The largest absolute Gasteiger partial charge is 0.480 e. The Morgan fingerprint density at radius 1 is 1.20 bits per heavy atom. The average Bonchev–Trinajstić information content (AvgIpc) is 2.59. The van der Waals surface area contributed by atoms with Gasteiger partial charge in [-0.15, -0.1) is 0 Å². The molecule has 0 saturated carbocycles. The summed E-state index contributed by atoms with van der Waals surface area (Å²) < 4.78 is 0. The standard InChI is InChI=1S/C19H32N4O2/c1-3-11-21-14-22-12-5-4-6-15(2)23-17-9-7-16(8-10-17)13-18(20)19(24)25/h7-10,18,21-23H,2-6,11-14,20H2,1H3,(H,24,25). The molecule has 0 spiro atoms. The number of carboxylic acid groups (broad SMARTS) is 1. The molecule has 0 saturated heterocycles. The molecule has 0 aliphatic carbocycles. The molecule has 0 bridgehead atoms.